The lowest BCUT2D eigenvalue weighted by atomic mass is 9.92. The molecule has 50 heavy (non-hydrogen) atoms. The van der Waals surface area contributed by atoms with Crippen LogP contribution in [0.2, 0.25) is 24.7 Å². The second-order valence-electron chi connectivity index (χ2n) is 15.8. The van der Waals surface area contributed by atoms with Crippen molar-refractivity contribution in [2.24, 2.45) is 0 Å². The fourth-order valence-electron chi connectivity index (χ4n) is 7.26. The van der Waals surface area contributed by atoms with Gasteiger partial charge in [-0.3, -0.25) is 4.79 Å². The van der Waals surface area contributed by atoms with E-state index in [0.717, 1.165) is 37.0 Å². The molecule has 4 rings (SSSR count). The van der Waals surface area contributed by atoms with Crippen molar-refractivity contribution in [1.82, 2.24) is 0 Å². The quantitative estimate of drug-likeness (QED) is 0.0971. The molecule has 0 radical (unpaired) electrons. The molecule has 3 aromatic carbocycles. The highest BCUT2D eigenvalue weighted by Crippen LogP contribution is 2.37. The monoisotopic (exact) mass is 716 g/mol. The molecule has 3 aromatic rings. The maximum absolute atomic E-state index is 12.1. The van der Waals surface area contributed by atoms with Gasteiger partial charge in [-0.05, 0) is 85.4 Å². The average molecular weight is 717 g/mol. The van der Waals surface area contributed by atoms with E-state index >= 15 is 0 Å². The maximum Gasteiger partial charge on any atom is 0.261 e. The van der Waals surface area contributed by atoms with Crippen LogP contribution in [0.25, 0.3) is 0 Å². The van der Waals surface area contributed by atoms with Crippen molar-refractivity contribution in [3.63, 3.8) is 0 Å². The van der Waals surface area contributed by atoms with Gasteiger partial charge in [-0.2, -0.15) is 0 Å². The van der Waals surface area contributed by atoms with Crippen LogP contribution in [0.1, 0.15) is 71.8 Å². The number of ketones is 1. The number of carbonyl (C=O) groups is 1. The van der Waals surface area contributed by atoms with E-state index in [4.69, 9.17) is 23.1 Å². The van der Waals surface area contributed by atoms with Crippen molar-refractivity contribution in [3.8, 4) is 5.75 Å². The summed E-state index contributed by atoms with van der Waals surface area (Å²) >= 11 is 0. The van der Waals surface area contributed by atoms with Gasteiger partial charge >= 0.3 is 0 Å². The molecule has 0 saturated carbocycles. The molecule has 0 unspecified atom stereocenters. The van der Waals surface area contributed by atoms with Crippen LogP contribution in [-0.4, -0.2) is 60.6 Å². The minimum absolute atomic E-state index is 0.0418. The Kier molecular flexibility index (Phi) is 14.4. The number of hydrogen-bond donors (Lipinski definition) is 0. The van der Waals surface area contributed by atoms with Gasteiger partial charge < -0.3 is 23.1 Å². The predicted molar refractivity (Wildman–Crippen MR) is 210 cm³/mol. The van der Waals surface area contributed by atoms with E-state index in [0.29, 0.717) is 26.1 Å². The van der Waals surface area contributed by atoms with Crippen molar-refractivity contribution in [2.75, 3.05) is 13.7 Å². The number of methoxy groups -OCH3 is 1. The molecule has 1 saturated heterocycles. The molecule has 0 aromatic heterocycles. The number of carbonyl (C=O) groups excluding carboxylic acids is 1. The third kappa shape index (κ3) is 11.6. The molecule has 0 spiro atoms. The zero-order chi connectivity index (χ0) is 36.4. The molecular formula is C42H60O6Si2. The second-order valence-corrected chi connectivity index (χ2v) is 24.6. The molecule has 4 atom stereocenters. The summed E-state index contributed by atoms with van der Waals surface area (Å²) in [4.78, 5) is 12.1. The van der Waals surface area contributed by atoms with Gasteiger partial charge in [0.2, 0.25) is 0 Å². The van der Waals surface area contributed by atoms with Gasteiger partial charge in [-0.1, -0.05) is 106 Å². The zero-order valence-corrected chi connectivity index (χ0v) is 33.7. The molecule has 6 nitrogen and oxygen atoms in total. The average Bonchev–Trinajstić information content (AvgIpc) is 3.04. The Labute approximate surface area is 303 Å². The van der Waals surface area contributed by atoms with Crippen LogP contribution in [0.3, 0.4) is 0 Å². The smallest absolute Gasteiger partial charge is 0.261 e. The molecule has 1 heterocycles. The van der Waals surface area contributed by atoms with Crippen LogP contribution >= 0.6 is 0 Å². The summed E-state index contributed by atoms with van der Waals surface area (Å²) in [5.41, 5.74) is 2.27. The SMILES string of the molecule is C=C1C[C@H](C[C@H](CCO[Si](c2ccccc2)(c2ccccc2)C(C)(C)C)OCc2ccc(OC)cc2)O[C@H](C[C@H](CC(C)=O)O[Si](C)(C)C)C1. The van der Waals surface area contributed by atoms with Crippen molar-refractivity contribution >= 4 is 32.8 Å². The summed E-state index contributed by atoms with van der Waals surface area (Å²) in [6.07, 6.45) is 3.80. The van der Waals surface area contributed by atoms with Gasteiger partial charge in [0.1, 0.15) is 11.5 Å². The van der Waals surface area contributed by atoms with Crippen molar-refractivity contribution in [2.45, 2.75) is 122 Å². The first-order valence-electron chi connectivity index (χ1n) is 18.2. The van der Waals surface area contributed by atoms with E-state index in [9.17, 15) is 4.79 Å². The fraction of sp³-hybridized carbons (Fsp3) is 0.500. The van der Waals surface area contributed by atoms with Crippen LogP contribution in [-0.2, 0) is 29.7 Å². The van der Waals surface area contributed by atoms with Crippen LogP contribution in [0.5, 0.6) is 5.75 Å². The maximum atomic E-state index is 12.1. The number of benzene rings is 3. The summed E-state index contributed by atoms with van der Waals surface area (Å²) in [7, 11) is -2.86. The Hall–Kier alpha value is -2.86. The summed E-state index contributed by atoms with van der Waals surface area (Å²) in [5, 5.41) is 2.43. The standard InChI is InChI=1S/C42H60O6Si2/c1-32-26-37(47-38(27-32)30-39(28-33(2)43)48-49(7,8)9)29-36(45-31-34-20-22-35(44-6)23-21-34)24-25-46-50(42(3,4)5,40-16-12-10-13-17-40)41-18-14-11-15-19-41/h10-23,36-39H,1,24-31H2,2-9H3/t36-,37+,38-,39-/m0/s1. The molecular weight excluding hydrogens is 657 g/mol. The van der Waals surface area contributed by atoms with Crippen LogP contribution < -0.4 is 15.1 Å². The van der Waals surface area contributed by atoms with Gasteiger partial charge in [0.15, 0.2) is 8.32 Å². The topological polar surface area (TPSA) is 63.2 Å². The van der Waals surface area contributed by atoms with E-state index in [1.54, 1.807) is 14.0 Å². The van der Waals surface area contributed by atoms with Gasteiger partial charge in [-0.15, -0.1) is 0 Å². The zero-order valence-electron chi connectivity index (χ0n) is 31.7. The Bertz CT molecular complexity index is 1440. The largest absolute Gasteiger partial charge is 0.497 e. The molecule has 8 heteroatoms. The number of Topliss-reactive ketones (excluding diaryl/α,β-unsaturated/α-hetero) is 1. The first-order chi connectivity index (χ1) is 23.7. The van der Waals surface area contributed by atoms with Crippen molar-refractivity contribution in [1.29, 1.82) is 0 Å². The van der Waals surface area contributed by atoms with Crippen LogP contribution in [0.4, 0.5) is 0 Å². The Morgan fingerprint density at radius 1 is 0.860 bits per heavy atom. The molecule has 0 N–H and O–H groups in total. The fourth-order valence-corrected chi connectivity index (χ4v) is 13.0. The van der Waals surface area contributed by atoms with Gasteiger partial charge in [0.05, 0.1) is 38.1 Å². The number of hydrogen-bond acceptors (Lipinski definition) is 6. The minimum Gasteiger partial charge on any atom is -0.497 e. The molecule has 1 aliphatic rings. The van der Waals surface area contributed by atoms with E-state index in [2.05, 4.69) is 120 Å². The summed E-state index contributed by atoms with van der Waals surface area (Å²) < 4.78 is 32.6. The Balaban J connectivity index is 1.55. The Morgan fingerprint density at radius 2 is 1.40 bits per heavy atom. The number of rotatable bonds is 18. The van der Waals surface area contributed by atoms with E-state index in [-0.39, 0.29) is 35.2 Å². The molecule has 0 bridgehead atoms. The normalized spacial score (nSPS) is 18.4. The molecule has 0 aliphatic carbocycles. The lowest BCUT2D eigenvalue weighted by molar-refractivity contribution is -0.119. The molecule has 1 aliphatic heterocycles. The Morgan fingerprint density at radius 3 is 1.88 bits per heavy atom. The molecule has 1 fully saturated rings. The third-order valence-electron chi connectivity index (χ3n) is 9.32. The van der Waals surface area contributed by atoms with Crippen molar-refractivity contribution < 1.29 is 27.9 Å². The van der Waals surface area contributed by atoms with E-state index in [1.807, 2.05) is 12.1 Å². The number of ether oxygens (including phenoxy) is 3. The van der Waals surface area contributed by atoms with Crippen molar-refractivity contribution in [3.05, 3.63) is 103 Å². The lowest BCUT2D eigenvalue weighted by Gasteiger charge is -2.43. The van der Waals surface area contributed by atoms with E-state index in [1.165, 1.54) is 15.9 Å². The summed E-state index contributed by atoms with van der Waals surface area (Å²) in [5.74, 6) is 0.970. The molecule has 272 valence electrons. The van der Waals surface area contributed by atoms with Gasteiger partial charge in [-0.25, -0.2) is 0 Å². The summed E-state index contributed by atoms with van der Waals surface area (Å²) in [6.45, 7) is 20.5. The first kappa shape index (κ1) is 39.9. The first-order valence-corrected chi connectivity index (χ1v) is 23.5. The highest BCUT2D eigenvalue weighted by molar-refractivity contribution is 6.99. The third-order valence-corrected chi connectivity index (χ3v) is 15.4. The van der Waals surface area contributed by atoms with Gasteiger partial charge in [0.25, 0.3) is 8.32 Å². The highest BCUT2D eigenvalue weighted by Gasteiger charge is 2.50. The lowest BCUT2D eigenvalue weighted by Crippen LogP contribution is -2.66. The second kappa shape index (κ2) is 18.1. The minimum atomic E-state index is -2.69. The molecule has 0 amide bonds. The van der Waals surface area contributed by atoms with E-state index < -0.39 is 16.6 Å². The highest BCUT2D eigenvalue weighted by atomic mass is 28.4. The predicted octanol–water partition coefficient (Wildman–Crippen LogP) is 8.63. The van der Waals surface area contributed by atoms with Crippen LogP contribution in [0, 0.1) is 0 Å². The summed E-state index contributed by atoms with van der Waals surface area (Å²) in [6, 6.07) is 29.6. The van der Waals surface area contributed by atoms with Crippen LogP contribution in [0.15, 0.2) is 97.1 Å². The van der Waals surface area contributed by atoms with Gasteiger partial charge in [0, 0.05) is 19.4 Å².